The van der Waals surface area contributed by atoms with E-state index in [0.29, 0.717) is 23.0 Å². The number of rotatable bonds is 4. The van der Waals surface area contributed by atoms with E-state index in [1.807, 2.05) is 30.4 Å². The first-order chi connectivity index (χ1) is 10.7. The van der Waals surface area contributed by atoms with E-state index >= 15 is 0 Å². The van der Waals surface area contributed by atoms with Crippen LogP contribution >= 0.6 is 0 Å². The van der Waals surface area contributed by atoms with Gasteiger partial charge in [0.2, 0.25) is 12.5 Å². The molecule has 0 spiro atoms. The standard InChI is InChI=1S/C17H16O5/c1-19-14-6-5-11(7-13(14)18)3-4-12-8-15(20-2)17-16(9-12)21-10-22-17/h3-9,18H,10H2,1-2H3/b4-3+. The Bertz CT molecular complexity index is 721. The molecule has 0 bridgehead atoms. The van der Waals surface area contributed by atoms with Crippen molar-refractivity contribution in [3.8, 4) is 28.7 Å². The fraction of sp³-hybridized carbons (Fsp3) is 0.176. The van der Waals surface area contributed by atoms with Gasteiger partial charge in [0.25, 0.3) is 0 Å². The third-order valence-electron chi connectivity index (χ3n) is 3.35. The normalized spacial score (nSPS) is 12.6. The maximum atomic E-state index is 9.78. The number of hydrogen-bond acceptors (Lipinski definition) is 5. The molecule has 5 nitrogen and oxygen atoms in total. The van der Waals surface area contributed by atoms with Gasteiger partial charge in [-0.05, 0) is 35.4 Å². The van der Waals surface area contributed by atoms with Crippen LogP contribution in [0.1, 0.15) is 11.1 Å². The Hall–Kier alpha value is -2.82. The molecular weight excluding hydrogens is 284 g/mol. The van der Waals surface area contributed by atoms with Crippen molar-refractivity contribution in [2.75, 3.05) is 21.0 Å². The predicted molar refractivity (Wildman–Crippen MR) is 82.7 cm³/mol. The first-order valence-electron chi connectivity index (χ1n) is 6.74. The van der Waals surface area contributed by atoms with Crippen LogP contribution in [-0.2, 0) is 0 Å². The fourth-order valence-corrected chi connectivity index (χ4v) is 2.25. The van der Waals surface area contributed by atoms with Crippen LogP contribution in [0.2, 0.25) is 0 Å². The van der Waals surface area contributed by atoms with Gasteiger partial charge in [-0.15, -0.1) is 0 Å². The molecule has 1 N–H and O–H groups in total. The number of aromatic hydroxyl groups is 1. The Kier molecular flexibility index (Phi) is 3.78. The first kappa shape index (κ1) is 14.1. The molecule has 22 heavy (non-hydrogen) atoms. The van der Waals surface area contributed by atoms with E-state index in [1.165, 1.54) is 7.11 Å². The van der Waals surface area contributed by atoms with Gasteiger partial charge in [-0.3, -0.25) is 0 Å². The lowest BCUT2D eigenvalue weighted by Crippen LogP contribution is -1.93. The average molecular weight is 300 g/mol. The quantitative estimate of drug-likeness (QED) is 0.878. The summed E-state index contributed by atoms with van der Waals surface area (Å²) in [6.07, 6.45) is 3.79. The van der Waals surface area contributed by atoms with Crippen molar-refractivity contribution in [3.63, 3.8) is 0 Å². The summed E-state index contributed by atoms with van der Waals surface area (Å²) < 4.78 is 21.1. The number of phenols is 1. The van der Waals surface area contributed by atoms with Gasteiger partial charge in [0.1, 0.15) is 0 Å². The van der Waals surface area contributed by atoms with E-state index in [-0.39, 0.29) is 12.5 Å². The van der Waals surface area contributed by atoms with Crippen LogP contribution in [0.3, 0.4) is 0 Å². The molecule has 114 valence electrons. The van der Waals surface area contributed by atoms with Gasteiger partial charge in [-0.25, -0.2) is 0 Å². The highest BCUT2D eigenvalue weighted by Gasteiger charge is 2.19. The van der Waals surface area contributed by atoms with E-state index in [9.17, 15) is 5.11 Å². The van der Waals surface area contributed by atoms with Gasteiger partial charge < -0.3 is 24.1 Å². The monoisotopic (exact) mass is 300 g/mol. The van der Waals surface area contributed by atoms with Gasteiger partial charge in [-0.1, -0.05) is 18.2 Å². The molecule has 0 saturated carbocycles. The summed E-state index contributed by atoms with van der Waals surface area (Å²) in [7, 11) is 3.11. The topological polar surface area (TPSA) is 57.2 Å². The predicted octanol–water partition coefficient (Wildman–Crippen LogP) is 3.31. The maximum absolute atomic E-state index is 9.78. The highest BCUT2D eigenvalue weighted by atomic mass is 16.7. The molecule has 3 rings (SSSR count). The summed E-state index contributed by atoms with van der Waals surface area (Å²) >= 11 is 0. The van der Waals surface area contributed by atoms with Crippen LogP contribution in [0.15, 0.2) is 30.3 Å². The van der Waals surface area contributed by atoms with E-state index in [0.717, 1.165) is 11.1 Å². The lowest BCUT2D eigenvalue weighted by atomic mass is 10.1. The van der Waals surface area contributed by atoms with Crippen LogP contribution in [0, 0.1) is 0 Å². The minimum atomic E-state index is 0.105. The summed E-state index contributed by atoms with van der Waals surface area (Å²) in [4.78, 5) is 0. The molecular formula is C17H16O5. The largest absolute Gasteiger partial charge is 0.504 e. The minimum Gasteiger partial charge on any atom is -0.504 e. The molecule has 2 aromatic rings. The second-order valence-electron chi connectivity index (χ2n) is 4.72. The van der Waals surface area contributed by atoms with Gasteiger partial charge >= 0.3 is 0 Å². The third kappa shape index (κ3) is 2.65. The highest BCUT2D eigenvalue weighted by molar-refractivity contribution is 5.73. The molecule has 0 fully saturated rings. The van der Waals surface area contributed by atoms with Crippen LogP contribution < -0.4 is 18.9 Å². The minimum absolute atomic E-state index is 0.105. The summed E-state index contributed by atoms with van der Waals surface area (Å²) in [5, 5.41) is 9.78. The maximum Gasteiger partial charge on any atom is 0.231 e. The van der Waals surface area contributed by atoms with Crippen LogP contribution in [0.25, 0.3) is 12.2 Å². The van der Waals surface area contributed by atoms with Gasteiger partial charge in [-0.2, -0.15) is 0 Å². The van der Waals surface area contributed by atoms with E-state index < -0.39 is 0 Å². The molecule has 0 saturated heterocycles. The van der Waals surface area contributed by atoms with Gasteiger partial charge in [0.05, 0.1) is 14.2 Å². The lowest BCUT2D eigenvalue weighted by Gasteiger charge is -2.06. The lowest BCUT2D eigenvalue weighted by molar-refractivity contribution is 0.171. The third-order valence-corrected chi connectivity index (χ3v) is 3.35. The smallest absolute Gasteiger partial charge is 0.231 e. The molecule has 0 radical (unpaired) electrons. The highest BCUT2D eigenvalue weighted by Crippen LogP contribution is 2.42. The number of ether oxygens (including phenoxy) is 4. The number of methoxy groups -OCH3 is 2. The zero-order valence-corrected chi connectivity index (χ0v) is 12.3. The molecule has 0 amide bonds. The van der Waals surface area contributed by atoms with E-state index in [2.05, 4.69) is 0 Å². The molecule has 1 heterocycles. The Morgan fingerprint density at radius 1 is 0.955 bits per heavy atom. The van der Waals surface area contributed by atoms with Crippen molar-refractivity contribution in [2.24, 2.45) is 0 Å². The van der Waals surface area contributed by atoms with Gasteiger partial charge in [0.15, 0.2) is 23.0 Å². The number of fused-ring (bicyclic) bond motifs is 1. The Morgan fingerprint density at radius 3 is 2.45 bits per heavy atom. The second-order valence-corrected chi connectivity index (χ2v) is 4.72. The molecule has 0 aromatic heterocycles. The second kappa shape index (κ2) is 5.89. The summed E-state index contributed by atoms with van der Waals surface area (Å²) in [5.74, 6) is 2.47. The van der Waals surface area contributed by atoms with Crippen molar-refractivity contribution in [1.29, 1.82) is 0 Å². The molecule has 0 unspecified atom stereocenters. The summed E-state index contributed by atoms with van der Waals surface area (Å²) in [6, 6.07) is 8.96. The Labute approximate surface area is 128 Å². The van der Waals surface area contributed by atoms with Crippen LogP contribution in [0.5, 0.6) is 28.7 Å². The molecule has 1 aliphatic heterocycles. The van der Waals surface area contributed by atoms with Crippen molar-refractivity contribution in [2.45, 2.75) is 0 Å². The van der Waals surface area contributed by atoms with Crippen molar-refractivity contribution < 1.29 is 24.1 Å². The molecule has 2 aromatic carbocycles. The molecule has 1 aliphatic rings. The zero-order valence-electron chi connectivity index (χ0n) is 12.3. The van der Waals surface area contributed by atoms with Gasteiger partial charge in [0, 0.05) is 0 Å². The Morgan fingerprint density at radius 2 is 1.73 bits per heavy atom. The summed E-state index contributed by atoms with van der Waals surface area (Å²) in [6.45, 7) is 0.200. The fourth-order valence-electron chi connectivity index (χ4n) is 2.25. The van der Waals surface area contributed by atoms with E-state index in [4.69, 9.17) is 18.9 Å². The molecule has 5 heteroatoms. The van der Waals surface area contributed by atoms with Crippen LogP contribution in [0.4, 0.5) is 0 Å². The van der Waals surface area contributed by atoms with Crippen molar-refractivity contribution >= 4 is 12.2 Å². The SMILES string of the molecule is COc1ccc(/C=C/c2cc(OC)c3c(c2)OCO3)cc1O. The molecule has 0 aliphatic carbocycles. The Balaban J connectivity index is 1.88. The van der Waals surface area contributed by atoms with Crippen LogP contribution in [-0.4, -0.2) is 26.1 Å². The summed E-state index contributed by atoms with van der Waals surface area (Å²) in [5.41, 5.74) is 1.77. The number of phenolic OH excluding ortho intramolecular Hbond substituents is 1. The number of hydrogen-bond donors (Lipinski definition) is 1. The van der Waals surface area contributed by atoms with Crippen molar-refractivity contribution in [3.05, 3.63) is 41.5 Å². The van der Waals surface area contributed by atoms with Crippen molar-refractivity contribution in [1.82, 2.24) is 0 Å². The molecule has 0 atom stereocenters. The zero-order chi connectivity index (χ0) is 15.5. The first-order valence-corrected chi connectivity index (χ1v) is 6.74. The average Bonchev–Trinajstić information content (AvgIpc) is 3.00. The van der Waals surface area contributed by atoms with E-state index in [1.54, 1.807) is 19.2 Å². The number of benzene rings is 2.